The number of pyridine rings is 1. The summed E-state index contributed by atoms with van der Waals surface area (Å²) in [5, 5.41) is 2.36. The molecule has 0 aromatic heterocycles. The molecule has 0 bridgehead atoms. The van der Waals surface area contributed by atoms with Crippen LogP contribution in [0.1, 0.15) is 49.9 Å². The molecule has 2 heterocycles. The second kappa shape index (κ2) is 9.08. The third-order valence-electron chi connectivity index (χ3n) is 11.2. The molecule has 0 spiro atoms. The standard InChI is InChI=1S/C45H34N2/c1-44(2)37-14-8-5-11-30(37)32-20-17-28(24-39(32)44)27-18-22-42-35(23-27)43-36(34-13-7-10-16-41(34)46-43)26-47(42)29-19-21-33-31-12-6-9-15-38(31)45(3,4)40(33)25-29/h5-26H,1-4H3. The minimum Gasteiger partial charge on any atom is -0.316 e. The predicted octanol–water partition coefficient (Wildman–Crippen LogP) is 11.6. The molecule has 2 aliphatic carbocycles. The van der Waals surface area contributed by atoms with Crippen LogP contribution in [-0.2, 0) is 10.8 Å². The lowest BCUT2D eigenvalue weighted by molar-refractivity contribution is 0.660. The molecule has 6 aromatic carbocycles. The lowest BCUT2D eigenvalue weighted by atomic mass is 9.81. The molecule has 0 atom stereocenters. The number of para-hydroxylation sites is 1. The van der Waals surface area contributed by atoms with E-state index >= 15 is 0 Å². The van der Waals surface area contributed by atoms with Crippen LogP contribution in [0, 0.1) is 0 Å². The van der Waals surface area contributed by atoms with Gasteiger partial charge in [-0.15, -0.1) is 0 Å². The zero-order valence-corrected chi connectivity index (χ0v) is 27.1. The molecule has 6 aromatic rings. The van der Waals surface area contributed by atoms with Crippen LogP contribution in [0.15, 0.2) is 134 Å². The van der Waals surface area contributed by atoms with Gasteiger partial charge >= 0.3 is 0 Å². The van der Waals surface area contributed by atoms with E-state index in [-0.39, 0.29) is 10.8 Å². The van der Waals surface area contributed by atoms with Crippen molar-refractivity contribution in [3.05, 3.63) is 156 Å². The van der Waals surface area contributed by atoms with Crippen LogP contribution in [0.4, 0.5) is 0 Å². The fraction of sp³-hybridized carbons (Fsp3) is 0.133. The summed E-state index contributed by atoms with van der Waals surface area (Å²) in [4.78, 5) is 5.22. The van der Waals surface area contributed by atoms with Gasteiger partial charge in [0.1, 0.15) is 0 Å². The second-order valence-corrected chi connectivity index (χ2v) is 14.5. The summed E-state index contributed by atoms with van der Waals surface area (Å²) in [5.74, 6) is 0. The van der Waals surface area contributed by atoms with Gasteiger partial charge in [-0.2, -0.15) is 0 Å². The molecule has 47 heavy (non-hydrogen) atoms. The first-order valence-corrected chi connectivity index (χ1v) is 16.6. The van der Waals surface area contributed by atoms with Gasteiger partial charge in [-0.05, 0) is 92.0 Å². The Hall–Kier alpha value is -5.47. The summed E-state index contributed by atoms with van der Waals surface area (Å²) in [6.45, 7) is 9.41. The molecule has 10 rings (SSSR count). The number of nitrogens with zero attached hydrogens (tertiary/aromatic N) is 2. The van der Waals surface area contributed by atoms with Crippen molar-refractivity contribution in [3.8, 4) is 50.3 Å². The Morgan fingerprint density at radius 1 is 0.468 bits per heavy atom. The summed E-state index contributed by atoms with van der Waals surface area (Å²) in [5.41, 5.74) is 18.9. The van der Waals surface area contributed by atoms with Gasteiger partial charge < -0.3 is 4.57 Å². The van der Waals surface area contributed by atoms with E-state index in [1.54, 1.807) is 0 Å². The molecule has 0 amide bonds. The highest BCUT2D eigenvalue weighted by Crippen LogP contribution is 2.51. The Morgan fingerprint density at radius 2 is 1.04 bits per heavy atom. The highest BCUT2D eigenvalue weighted by atomic mass is 15.0. The molecule has 0 N–H and O–H groups in total. The fourth-order valence-corrected chi connectivity index (χ4v) is 8.70. The zero-order valence-electron chi connectivity index (χ0n) is 27.1. The molecular formula is C45H34N2. The van der Waals surface area contributed by atoms with Crippen LogP contribution < -0.4 is 0 Å². The molecule has 2 nitrogen and oxygen atoms in total. The lowest BCUT2D eigenvalue weighted by Crippen LogP contribution is -2.15. The number of aromatic nitrogens is 2. The SMILES string of the molecule is CC1(C)c2ccccc2-c2ccc(-c3ccc4c(c3)c3nc5ccccc5c-3cn4-c3ccc4c(c3)C(C)(C)c3ccccc3-4)cc21. The molecule has 0 radical (unpaired) electrons. The highest BCUT2D eigenvalue weighted by Gasteiger charge is 2.36. The van der Waals surface area contributed by atoms with Crippen molar-refractivity contribution in [2.24, 2.45) is 0 Å². The molecule has 2 aliphatic heterocycles. The van der Waals surface area contributed by atoms with E-state index in [9.17, 15) is 0 Å². The minimum absolute atomic E-state index is 0.0406. The van der Waals surface area contributed by atoms with Crippen LogP contribution in [0.25, 0.3) is 72.1 Å². The van der Waals surface area contributed by atoms with Crippen molar-refractivity contribution in [1.29, 1.82) is 0 Å². The molecule has 4 aliphatic rings. The van der Waals surface area contributed by atoms with E-state index in [1.807, 2.05) is 0 Å². The van der Waals surface area contributed by atoms with Crippen molar-refractivity contribution in [2.45, 2.75) is 38.5 Å². The van der Waals surface area contributed by atoms with Crippen LogP contribution in [0.2, 0.25) is 0 Å². The molecule has 2 heteroatoms. The number of rotatable bonds is 2. The van der Waals surface area contributed by atoms with E-state index in [4.69, 9.17) is 4.98 Å². The second-order valence-electron chi connectivity index (χ2n) is 14.5. The van der Waals surface area contributed by atoms with Gasteiger partial charge in [-0.3, -0.25) is 0 Å². The van der Waals surface area contributed by atoms with Gasteiger partial charge in [0.25, 0.3) is 0 Å². The molecule has 0 saturated heterocycles. The minimum atomic E-state index is -0.0644. The van der Waals surface area contributed by atoms with Crippen molar-refractivity contribution in [1.82, 2.24) is 9.55 Å². The van der Waals surface area contributed by atoms with Crippen molar-refractivity contribution < 1.29 is 0 Å². The van der Waals surface area contributed by atoms with E-state index in [2.05, 4.69) is 166 Å². The Kier molecular flexibility index (Phi) is 5.16. The molecular weight excluding hydrogens is 569 g/mol. The normalized spacial score (nSPS) is 15.1. The maximum Gasteiger partial charge on any atom is 0.0824 e. The van der Waals surface area contributed by atoms with Crippen LogP contribution >= 0.6 is 0 Å². The Morgan fingerprint density at radius 3 is 1.79 bits per heavy atom. The van der Waals surface area contributed by atoms with Crippen LogP contribution in [0.3, 0.4) is 0 Å². The maximum atomic E-state index is 5.22. The van der Waals surface area contributed by atoms with Crippen LogP contribution in [-0.4, -0.2) is 9.55 Å². The summed E-state index contributed by atoms with van der Waals surface area (Å²) in [6, 6.07) is 47.3. The van der Waals surface area contributed by atoms with E-state index in [1.165, 1.54) is 77.7 Å². The predicted molar refractivity (Wildman–Crippen MR) is 196 cm³/mol. The first-order valence-electron chi connectivity index (χ1n) is 16.6. The van der Waals surface area contributed by atoms with Gasteiger partial charge in [0.15, 0.2) is 0 Å². The fourth-order valence-electron chi connectivity index (χ4n) is 8.70. The first kappa shape index (κ1) is 26.7. The molecule has 224 valence electrons. The van der Waals surface area contributed by atoms with Crippen molar-refractivity contribution in [2.75, 3.05) is 0 Å². The monoisotopic (exact) mass is 602 g/mol. The Bertz CT molecular complexity index is 2580. The van der Waals surface area contributed by atoms with E-state index < -0.39 is 0 Å². The van der Waals surface area contributed by atoms with Gasteiger partial charge in [-0.25, -0.2) is 4.98 Å². The summed E-state index contributed by atoms with van der Waals surface area (Å²) in [7, 11) is 0. The van der Waals surface area contributed by atoms with Crippen LogP contribution in [0.5, 0.6) is 0 Å². The van der Waals surface area contributed by atoms with Crippen molar-refractivity contribution >= 4 is 21.8 Å². The Balaban J connectivity index is 1.19. The van der Waals surface area contributed by atoms with Gasteiger partial charge in [-0.1, -0.05) is 119 Å². The quantitative estimate of drug-likeness (QED) is 0.192. The van der Waals surface area contributed by atoms with Gasteiger partial charge in [0, 0.05) is 39.1 Å². The topological polar surface area (TPSA) is 17.8 Å². The highest BCUT2D eigenvalue weighted by molar-refractivity contribution is 6.07. The molecule has 0 saturated carbocycles. The smallest absolute Gasteiger partial charge is 0.0824 e. The van der Waals surface area contributed by atoms with Gasteiger partial charge in [0.2, 0.25) is 0 Å². The summed E-state index contributed by atoms with van der Waals surface area (Å²) in [6.07, 6.45) is 2.30. The number of hydrogen-bond donors (Lipinski definition) is 0. The lowest BCUT2D eigenvalue weighted by Gasteiger charge is -2.23. The van der Waals surface area contributed by atoms with E-state index in [0.717, 1.165) is 16.7 Å². The van der Waals surface area contributed by atoms with E-state index in [0.29, 0.717) is 0 Å². The molecule has 0 fully saturated rings. The zero-order chi connectivity index (χ0) is 31.7. The van der Waals surface area contributed by atoms with Crippen molar-refractivity contribution in [3.63, 3.8) is 0 Å². The summed E-state index contributed by atoms with van der Waals surface area (Å²) >= 11 is 0. The maximum absolute atomic E-state index is 5.22. The third kappa shape index (κ3) is 3.53. The van der Waals surface area contributed by atoms with Gasteiger partial charge in [0.05, 0.1) is 16.7 Å². The number of hydrogen-bond acceptors (Lipinski definition) is 1. The number of fused-ring (bicyclic) bond motifs is 11. The Labute approximate surface area is 275 Å². The summed E-state index contributed by atoms with van der Waals surface area (Å²) < 4.78 is 2.39. The molecule has 0 unspecified atom stereocenters. The first-order chi connectivity index (χ1) is 22.8. The average Bonchev–Trinajstić information content (AvgIpc) is 3.67. The third-order valence-corrected chi connectivity index (χ3v) is 11.2. The number of benzene rings is 6. The largest absolute Gasteiger partial charge is 0.316 e. The average molecular weight is 603 g/mol.